The average Bonchev–Trinajstić information content (AvgIpc) is 2.76. The van der Waals surface area contributed by atoms with Gasteiger partial charge in [0.05, 0.1) is 23.5 Å². The Hall–Kier alpha value is -2.61. The van der Waals surface area contributed by atoms with Gasteiger partial charge in [-0.2, -0.15) is 12.7 Å². The van der Waals surface area contributed by atoms with Gasteiger partial charge >= 0.3 is 0 Å². The highest BCUT2D eigenvalue weighted by Gasteiger charge is 2.34. The molecule has 186 valence electrons. The number of hydrogen-bond acceptors (Lipinski definition) is 9. The van der Waals surface area contributed by atoms with E-state index in [0.717, 1.165) is 23.4 Å². The van der Waals surface area contributed by atoms with Crippen LogP contribution in [0.1, 0.15) is 30.0 Å². The molecule has 2 aromatic rings. The zero-order valence-corrected chi connectivity index (χ0v) is 20.9. The Labute approximate surface area is 199 Å². The molecule has 1 aliphatic rings. The van der Waals surface area contributed by atoms with Crippen molar-refractivity contribution in [2.45, 2.75) is 38.1 Å². The maximum atomic E-state index is 13.8. The third kappa shape index (κ3) is 5.90. The molecule has 1 aliphatic heterocycles. The largest absolute Gasteiger partial charge is 0.368 e. The van der Waals surface area contributed by atoms with Crippen LogP contribution >= 0.6 is 0 Å². The van der Waals surface area contributed by atoms with Crippen LogP contribution in [-0.2, 0) is 37.3 Å². The fraction of sp³-hybridized carbons (Fsp3) is 0.476. The first-order valence-electron chi connectivity index (χ1n) is 10.7. The lowest BCUT2D eigenvalue weighted by molar-refractivity contribution is -0.385. The molecule has 0 aliphatic carbocycles. The molecule has 0 fully saturated rings. The van der Waals surface area contributed by atoms with Crippen LogP contribution in [0.4, 0.5) is 11.4 Å². The summed E-state index contributed by atoms with van der Waals surface area (Å²) in [5.74, 6) is 0. The van der Waals surface area contributed by atoms with Crippen molar-refractivity contribution in [3.63, 3.8) is 0 Å². The number of benzene rings is 1. The minimum Gasteiger partial charge on any atom is -0.368 e. The van der Waals surface area contributed by atoms with Crippen LogP contribution in [0.2, 0.25) is 0 Å². The van der Waals surface area contributed by atoms with Gasteiger partial charge in [-0.3, -0.25) is 19.3 Å². The normalized spacial score (nSPS) is 14.6. The Morgan fingerprint density at radius 2 is 1.94 bits per heavy atom. The van der Waals surface area contributed by atoms with Gasteiger partial charge in [-0.05, 0) is 42.5 Å². The van der Waals surface area contributed by atoms with Crippen LogP contribution in [-0.4, -0.2) is 63.5 Å². The Balaban J connectivity index is 2.08. The molecule has 0 saturated heterocycles. The van der Waals surface area contributed by atoms with Crippen LogP contribution in [0.25, 0.3) is 0 Å². The monoisotopic (exact) mass is 512 g/mol. The highest BCUT2D eigenvalue weighted by molar-refractivity contribution is 7.89. The van der Waals surface area contributed by atoms with Crippen LogP contribution in [0.15, 0.2) is 35.5 Å². The number of aromatic nitrogens is 1. The van der Waals surface area contributed by atoms with E-state index in [1.807, 2.05) is 6.92 Å². The third-order valence-electron chi connectivity index (χ3n) is 5.53. The third-order valence-corrected chi connectivity index (χ3v) is 7.98. The van der Waals surface area contributed by atoms with E-state index < -0.39 is 25.1 Å². The second kappa shape index (κ2) is 10.3. The van der Waals surface area contributed by atoms with E-state index in [-0.39, 0.29) is 36.8 Å². The summed E-state index contributed by atoms with van der Waals surface area (Å²) in [6, 6.07) is 4.17. The van der Waals surface area contributed by atoms with E-state index in [2.05, 4.69) is 4.98 Å². The molecule has 3 rings (SSSR count). The van der Waals surface area contributed by atoms with E-state index in [1.165, 1.54) is 10.4 Å². The van der Waals surface area contributed by atoms with Gasteiger partial charge in [-0.1, -0.05) is 6.92 Å². The van der Waals surface area contributed by atoms with E-state index in [9.17, 15) is 26.9 Å². The van der Waals surface area contributed by atoms with Gasteiger partial charge < -0.3 is 4.90 Å². The van der Waals surface area contributed by atoms with Crippen molar-refractivity contribution >= 4 is 31.5 Å². The van der Waals surface area contributed by atoms with Crippen LogP contribution in [0.5, 0.6) is 0 Å². The average molecular weight is 513 g/mol. The summed E-state index contributed by atoms with van der Waals surface area (Å²) in [5.41, 5.74) is 2.19. The first-order valence-corrected chi connectivity index (χ1v) is 14.0. The predicted molar refractivity (Wildman–Crippen MR) is 127 cm³/mol. The fourth-order valence-electron chi connectivity index (χ4n) is 4.03. The lowest BCUT2D eigenvalue weighted by Crippen LogP contribution is -2.38. The number of nitro benzene ring substituents is 1. The van der Waals surface area contributed by atoms with E-state index in [0.29, 0.717) is 30.6 Å². The first-order chi connectivity index (χ1) is 15.9. The summed E-state index contributed by atoms with van der Waals surface area (Å²) in [6.07, 6.45) is 5.37. The molecule has 11 nitrogen and oxygen atoms in total. The number of non-ortho nitro benzene ring substituents is 1. The number of rotatable bonds is 10. The number of sulfonamides is 1. The van der Waals surface area contributed by atoms with Crippen LogP contribution < -0.4 is 4.90 Å². The van der Waals surface area contributed by atoms with Crippen molar-refractivity contribution in [2.24, 2.45) is 0 Å². The second-order valence-electron chi connectivity index (χ2n) is 8.11. The SMILES string of the molecule is CCCN(CCOS(C)(=O)=O)c1c(C)cc([N+](=O)[O-])cc1S(=O)(=O)N1CCc2cnccc2C1. The lowest BCUT2D eigenvalue weighted by Gasteiger charge is -2.32. The number of anilines is 1. The molecule has 2 heterocycles. The van der Waals surface area contributed by atoms with Crippen molar-refractivity contribution in [1.29, 1.82) is 0 Å². The molecule has 1 aromatic heterocycles. The molecule has 0 unspecified atom stereocenters. The minimum atomic E-state index is -4.12. The molecule has 0 amide bonds. The number of pyridine rings is 1. The van der Waals surface area contributed by atoms with Gasteiger partial charge in [0.25, 0.3) is 15.8 Å². The lowest BCUT2D eigenvalue weighted by atomic mass is 10.0. The molecule has 0 N–H and O–H groups in total. The molecule has 0 saturated carbocycles. The fourth-order valence-corrected chi connectivity index (χ4v) is 6.13. The Morgan fingerprint density at radius 3 is 2.59 bits per heavy atom. The zero-order chi connectivity index (χ0) is 25.1. The van der Waals surface area contributed by atoms with Crippen molar-refractivity contribution in [2.75, 3.05) is 37.4 Å². The standard InChI is InChI=1S/C21H28N4O7S2/c1-4-8-23(10-11-32-33(3,28)29)21-16(2)12-19(25(26)27)13-20(21)34(30,31)24-9-6-17-14-22-7-5-18(17)15-24/h5,7,12-14H,4,6,8-11,15H2,1-3H3. The van der Waals surface area contributed by atoms with Gasteiger partial charge in [0, 0.05) is 50.7 Å². The van der Waals surface area contributed by atoms with E-state index >= 15 is 0 Å². The number of nitrogens with zero attached hydrogens (tertiary/aromatic N) is 4. The van der Waals surface area contributed by atoms with Gasteiger partial charge in [-0.15, -0.1) is 0 Å². The highest BCUT2D eigenvalue weighted by atomic mass is 32.2. The zero-order valence-electron chi connectivity index (χ0n) is 19.3. The minimum absolute atomic E-state index is 0.0938. The Bertz CT molecular complexity index is 1280. The quantitative estimate of drug-likeness (QED) is 0.266. The van der Waals surface area contributed by atoms with E-state index in [4.69, 9.17) is 4.18 Å². The van der Waals surface area contributed by atoms with Crippen molar-refractivity contribution in [3.05, 3.63) is 57.4 Å². The molecule has 0 spiro atoms. The van der Waals surface area contributed by atoms with Crippen LogP contribution in [0, 0.1) is 17.0 Å². The number of aryl methyl sites for hydroxylation is 1. The molecular weight excluding hydrogens is 484 g/mol. The van der Waals surface area contributed by atoms with Crippen molar-refractivity contribution in [3.8, 4) is 0 Å². The highest BCUT2D eigenvalue weighted by Crippen LogP contribution is 2.36. The molecular formula is C21H28N4O7S2. The van der Waals surface area contributed by atoms with Gasteiger partial charge in [0.15, 0.2) is 0 Å². The smallest absolute Gasteiger partial charge is 0.271 e. The van der Waals surface area contributed by atoms with E-state index in [1.54, 1.807) is 30.3 Å². The van der Waals surface area contributed by atoms with Crippen molar-refractivity contribution < 1.29 is 25.9 Å². The number of hydrogen-bond donors (Lipinski definition) is 0. The molecule has 1 aromatic carbocycles. The number of fused-ring (bicyclic) bond motifs is 1. The van der Waals surface area contributed by atoms with Gasteiger partial charge in [-0.25, -0.2) is 8.42 Å². The molecule has 13 heteroatoms. The summed E-state index contributed by atoms with van der Waals surface area (Å²) >= 11 is 0. The summed E-state index contributed by atoms with van der Waals surface area (Å²) < 4.78 is 56.6. The summed E-state index contributed by atoms with van der Waals surface area (Å²) in [5, 5.41) is 11.6. The molecule has 0 radical (unpaired) electrons. The Morgan fingerprint density at radius 1 is 1.21 bits per heavy atom. The molecule has 34 heavy (non-hydrogen) atoms. The molecule has 0 bridgehead atoms. The number of nitro groups is 1. The van der Waals surface area contributed by atoms with Gasteiger partial charge in [0.2, 0.25) is 10.0 Å². The van der Waals surface area contributed by atoms with Crippen molar-refractivity contribution in [1.82, 2.24) is 9.29 Å². The summed E-state index contributed by atoms with van der Waals surface area (Å²) in [4.78, 5) is 16.5. The van der Waals surface area contributed by atoms with Crippen LogP contribution in [0.3, 0.4) is 0 Å². The summed E-state index contributed by atoms with van der Waals surface area (Å²) in [7, 11) is -7.80. The van der Waals surface area contributed by atoms with Gasteiger partial charge in [0.1, 0.15) is 4.90 Å². The first kappa shape index (κ1) is 26.0. The molecule has 0 atom stereocenters. The predicted octanol–water partition coefficient (Wildman–Crippen LogP) is 2.24. The maximum absolute atomic E-state index is 13.8. The maximum Gasteiger partial charge on any atom is 0.271 e. The topological polar surface area (TPSA) is 140 Å². The second-order valence-corrected chi connectivity index (χ2v) is 11.7. The Kier molecular flexibility index (Phi) is 7.91. The summed E-state index contributed by atoms with van der Waals surface area (Å²) in [6.45, 7) is 4.17.